The summed E-state index contributed by atoms with van der Waals surface area (Å²) in [6.45, 7) is -0.0991. The number of nitrogens with two attached hydrogens (primary N) is 6. The lowest BCUT2D eigenvalue weighted by atomic mass is 9.99. The van der Waals surface area contributed by atoms with Crippen LogP contribution in [0.15, 0.2) is 40.3 Å². The number of nitrogens with one attached hydrogen (secondary N) is 11. The van der Waals surface area contributed by atoms with Crippen molar-refractivity contribution in [2.24, 2.45) is 50.3 Å². The Morgan fingerprint density at radius 3 is 1.33 bits per heavy atom. The predicted molar refractivity (Wildman–Crippen MR) is 335 cm³/mol. The van der Waals surface area contributed by atoms with Crippen molar-refractivity contribution >= 4 is 114 Å². The zero-order chi connectivity index (χ0) is 68.8. The van der Waals surface area contributed by atoms with Crippen molar-refractivity contribution in [1.29, 1.82) is 0 Å². The number of guanidine groups is 2. The first-order chi connectivity index (χ1) is 43.0. The van der Waals surface area contributed by atoms with E-state index in [0.717, 1.165) is 0 Å². The van der Waals surface area contributed by atoms with Gasteiger partial charge in [0.15, 0.2) is 11.9 Å². The van der Waals surface area contributed by atoms with Crippen LogP contribution in [0.5, 0.6) is 0 Å². The minimum absolute atomic E-state index is 0.0293. The van der Waals surface area contributed by atoms with Gasteiger partial charge in [0.05, 0.1) is 38.8 Å². The van der Waals surface area contributed by atoms with E-state index in [1.807, 2.05) is 0 Å². The minimum Gasteiger partial charge on any atom is -0.481 e. The van der Waals surface area contributed by atoms with Gasteiger partial charge in [0.25, 0.3) is 0 Å². The SMILES string of the molecule is CC[C@H](C)[C@H](N)C(=O)N[C@@H](CS)C(=O)N[C@@H](CC(=O)O)C(=O)NCC(=O)N[C@@H](Cc1ccccc1)C(=O)N[C@@H](CO)C(=O)N[C@@H](CO)C(=O)N[C@@H](CS)C(=O)N[C@@H](CCCCN)C(=O)NCC(=O)N[C@@H](CCCN=C(N)N)C(=O)N[C@@H](CCCN=C(N)N)C(=O)O. The van der Waals surface area contributed by atoms with Crippen molar-refractivity contribution in [1.82, 2.24) is 58.5 Å². The standard InChI is InChI=1S/C53H89N19O17S2/c1-3-27(2)41(55)50(87)72-37(26-91)49(86)68-33(20-40(77)78)43(80)63-22-39(76)65-32(19-28-11-5-4-6-12-28)45(82)69-34(23-73)46(83)70-35(24-74)47(84)71-36(25-90)48(85)66-29(13-7-8-16-54)42(79)62-21-38(75)64-30(14-9-17-60-52(56)57)44(81)67-31(51(88)89)15-10-18-61-53(58)59/h4-6,11-12,27,29-37,41,73-74,90-91H,3,7-10,13-26,54-55H2,1-2H3,(H,62,79)(H,63,80)(H,64,75)(H,65,76)(H,66,85)(H,67,81)(H,68,86)(H,69,82)(H,70,83)(H,71,84)(H,72,87)(H,77,78)(H,88,89)(H4,56,57,60)(H4,58,59,61)/t27-,29-,30-,31-,32-,33-,34-,35-,36-,37-,41-/m0/s1. The molecule has 0 saturated heterocycles. The number of aliphatic imine (C=N–C) groups is 2. The number of aliphatic carboxylic acids is 2. The fraction of sp³-hybridized carbons (Fsp3) is 0.604. The molecular weight excluding hydrogens is 1240 g/mol. The van der Waals surface area contributed by atoms with Gasteiger partial charge < -0.3 is 113 Å². The highest BCUT2D eigenvalue weighted by atomic mass is 32.1. The van der Waals surface area contributed by atoms with Crippen LogP contribution < -0.4 is 92.9 Å². The van der Waals surface area contributed by atoms with Gasteiger partial charge in [0.2, 0.25) is 65.0 Å². The summed E-state index contributed by atoms with van der Waals surface area (Å²) in [5, 5.41) is 65.3. The Morgan fingerprint density at radius 1 is 0.495 bits per heavy atom. The normalized spacial score (nSPS) is 14.5. The highest BCUT2D eigenvalue weighted by Crippen LogP contribution is 2.09. The summed E-state index contributed by atoms with van der Waals surface area (Å²) < 4.78 is 0. The molecule has 0 aliphatic carbocycles. The maximum Gasteiger partial charge on any atom is 0.326 e. The number of hydrogen-bond acceptors (Lipinski definition) is 21. The molecule has 0 heterocycles. The zero-order valence-electron chi connectivity index (χ0n) is 50.5. The Kier molecular flexibility index (Phi) is 38.9. The van der Waals surface area contributed by atoms with Crippen molar-refractivity contribution in [3.63, 3.8) is 0 Å². The first kappa shape index (κ1) is 80.4. The van der Waals surface area contributed by atoms with Gasteiger partial charge in [0, 0.05) is 31.0 Å². The second kappa shape index (κ2) is 44.0. The number of hydrogen-bond donors (Lipinski definition) is 23. The molecule has 0 saturated carbocycles. The van der Waals surface area contributed by atoms with E-state index in [0.29, 0.717) is 18.4 Å². The van der Waals surface area contributed by atoms with Gasteiger partial charge >= 0.3 is 11.9 Å². The first-order valence-corrected chi connectivity index (χ1v) is 30.1. The predicted octanol–water partition coefficient (Wildman–Crippen LogP) is -9.16. The lowest BCUT2D eigenvalue weighted by molar-refractivity contribution is -0.142. The fourth-order valence-corrected chi connectivity index (χ4v) is 8.51. The Labute approximate surface area is 535 Å². The molecule has 0 spiro atoms. The third kappa shape index (κ3) is 32.1. The van der Waals surface area contributed by atoms with E-state index in [1.165, 1.54) is 0 Å². The van der Waals surface area contributed by atoms with Crippen molar-refractivity contribution in [3.05, 3.63) is 35.9 Å². The number of aliphatic hydroxyl groups excluding tert-OH is 2. The molecule has 0 aliphatic heterocycles. The molecule has 0 radical (unpaired) electrons. The fourth-order valence-electron chi connectivity index (χ4n) is 8.00. The summed E-state index contributed by atoms with van der Waals surface area (Å²) in [6, 6.07) is -7.11. The number of carbonyl (C=O) groups is 13. The molecule has 1 aromatic rings. The summed E-state index contributed by atoms with van der Waals surface area (Å²) in [6.07, 6.45) is 0.0338. The number of amides is 11. The molecule has 0 unspecified atom stereocenters. The average Bonchev–Trinajstić information content (AvgIpc) is 2.09. The number of aliphatic hydroxyl groups is 2. The molecule has 11 amide bonds. The van der Waals surface area contributed by atoms with Gasteiger partial charge in [-0.25, -0.2) is 4.79 Å². The van der Waals surface area contributed by atoms with Crippen molar-refractivity contribution in [2.45, 2.75) is 138 Å². The van der Waals surface area contributed by atoms with Gasteiger partial charge in [-0.2, -0.15) is 25.3 Å². The number of nitrogens with zero attached hydrogens (tertiary/aromatic N) is 2. The molecule has 27 N–H and O–H groups in total. The summed E-state index contributed by atoms with van der Waals surface area (Å²) in [5.41, 5.74) is 33.5. The Hall–Kier alpha value is -8.59. The highest BCUT2D eigenvalue weighted by Gasteiger charge is 2.35. The molecule has 38 heteroatoms. The van der Waals surface area contributed by atoms with Crippen LogP contribution in [0.3, 0.4) is 0 Å². The molecular formula is C53H89N19O17S2. The maximum atomic E-state index is 13.8. The van der Waals surface area contributed by atoms with Gasteiger partial charge in [0.1, 0.15) is 54.4 Å². The number of benzene rings is 1. The molecule has 0 fully saturated rings. The van der Waals surface area contributed by atoms with E-state index >= 15 is 0 Å². The molecule has 36 nitrogen and oxygen atoms in total. The minimum atomic E-state index is -1.87. The average molecular weight is 1330 g/mol. The largest absolute Gasteiger partial charge is 0.481 e. The van der Waals surface area contributed by atoms with Crippen molar-refractivity contribution in [3.8, 4) is 0 Å². The number of carboxylic acid groups (broad SMARTS) is 2. The van der Waals surface area contributed by atoms with E-state index in [1.54, 1.807) is 44.2 Å². The van der Waals surface area contributed by atoms with Crippen molar-refractivity contribution < 1.29 is 82.8 Å². The van der Waals surface area contributed by atoms with Crippen LogP contribution >= 0.6 is 25.3 Å². The number of carboxylic acids is 2. The van der Waals surface area contributed by atoms with E-state index in [9.17, 15) is 82.8 Å². The first-order valence-electron chi connectivity index (χ1n) is 28.8. The summed E-state index contributed by atoms with van der Waals surface area (Å²) in [4.78, 5) is 178. The summed E-state index contributed by atoms with van der Waals surface area (Å²) >= 11 is 8.22. The topological polar surface area (TPSA) is 616 Å². The second-order valence-electron chi connectivity index (χ2n) is 20.6. The molecule has 0 aromatic heterocycles. The van der Waals surface area contributed by atoms with Crippen LogP contribution in [0.4, 0.5) is 0 Å². The lowest BCUT2D eigenvalue weighted by Gasteiger charge is -2.26. The van der Waals surface area contributed by atoms with Gasteiger partial charge in [-0.15, -0.1) is 0 Å². The van der Waals surface area contributed by atoms with Crippen LogP contribution in [0, 0.1) is 5.92 Å². The van der Waals surface area contributed by atoms with E-state index in [4.69, 9.17) is 34.4 Å². The molecule has 11 atom stereocenters. The van der Waals surface area contributed by atoms with Crippen LogP contribution in [0.25, 0.3) is 0 Å². The Balaban J connectivity index is 3.19. The smallest absolute Gasteiger partial charge is 0.326 e. The number of carbonyl (C=O) groups excluding carboxylic acids is 11. The number of rotatable bonds is 45. The molecule has 91 heavy (non-hydrogen) atoms. The molecule has 1 rings (SSSR count). The van der Waals surface area contributed by atoms with E-state index in [-0.39, 0.29) is 88.2 Å². The maximum absolute atomic E-state index is 13.8. The van der Waals surface area contributed by atoms with Crippen molar-refractivity contribution in [2.75, 3.05) is 57.4 Å². The molecule has 1 aromatic carbocycles. The van der Waals surface area contributed by atoms with Crippen LogP contribution in [-0.4, -0.2) is 227 Å². The molecule has 0 bridgehead atoms. The summed E-state index contributed by atoms with van der Waals surface area (Å²) in [5.74, 6) is -15.5. The van der Waals surface area contributed by atoms with Gasteiger partial charge in [-0.05, 0) is 63.0 Å². The third-order valence-electron chi connectivity index (χ3n) is 13.4. The Bertz CT molecular complexity index is 2660. The highest BCUT2D eigenvalue weighted by molar-refractivity contribution is 7.80. The van der Waals surface area contributed by atoms with Gasteiger partial charge in [-0.1, -0.05) is 50.6 Å². The Morgan fingerprint density at radius 2 is 0.879 bits per heavy atom. The van der Waals surface area contributed by atoms with Crippen LogP contribution in [-0.2, 0) is 68.7 Å². The molecule has 510 valence electrons. The quantitative estimate of drug-likeness (QED) is 0.0125. The zero-order valence-corrected chi connectivity index (χ0v) is 52.3. The summed E-state index contributed by atoms with van der Waals surface area (Å²) in [7, 11) is 0. The van der Waals surface area contributed by atoms with E-state index in [2.05, 4.69) is 93.7 Å². The van der Waals surface area contributed by atoms with E-state index < -0.39 is 176 Å². The molecule has 0 aliphatic rings. The number of unbranched alkanes of at least 4 members (excludes halogenated alkanes) is 1. The monoisotopic (exact) mass is 1330 g/mol. The lowest BCUT2D eigenvalue weighted by Crippen LogP contribution is -2.61. The van der Waals surface area contributed by atoms with Crippen LogP contribution in [0.2, 0.25) is 0 Å². The van der Waals surface area contributed by atoms with Crippen LogP contribution in [0.1, 0.15) is 77.2 Å². The number of thiol groups is 2. The third-order valence-corrected chi connectivity index (χ3v) is 14.1. The second-order valence-corrected chi connectivity index (χ2v) is 21.3. The van der Waals surface area contributed by atoms with Gasteiger partial charge in [-0.3, -0.25) is 67.5 Å².